The molecule has 4 heteroatoms. The van der Waals surface area contributed by atoms with Crippen molar-refractivity contribution in [2.24, 2.45) is 5.92 Å². The van der Waals surface area contributed by atoms with E-state index >= 15 is 0 Å². The quantitative estimate of drug-likeness (QED) is 0.790. The van der Waals surface area contributed by atoms with Crippen LogP contribution in [0.4, 0.5) is 4.39 Å². The summed E-state index contributed by atoms with van der Waals surface area (Å²) in [6, 6.07) is 4.71. The van der Waals surface area contributed by atoms with Crippen molar-refractivity contribution in [1.82, 2.24) is 10.6 Å². The minimum absolute atomic E-state index is 0.168. The van der Waals surface area contributed by atoms with Crippen molar-refractivity contribution < 1.29 is 4.39 Å². The van der Waals surface area contributed by atoms with Crippen molar-refractivity contribution >= 4 is 11.6 Å². The van der Waals surface area contributed by atoms with Crippen molar-refractivity contribution in [2.75, 3.05) is 26.2 Å². The van der Waals surface area contributed by atoms with Gasteiger partial charge in [-0.05, 0) is 68.7 Å². The molecule has 17 heavy (non-hydrogen) atoms. The predicted molar refractivity (Wildman–Crippen MR) is 69.0 cm³/mol. The van der Waals surface area contributed by atoms with Gasteiger partial charge in [0.15, 0.2) is 0 Å². The SMILES string of the molecule is Fc1ccc(Cl)cc1CCNCC1CCNC1. The molecule has 1 aromatic carbocycles. The number of hydrogen-bond acceptors (Lipinski definition) is 2. The van der Waals surface area contributed by atoms with Gasteiger partial charge in [-0.1, -0.05) is 11.6 Å². The van der Waals surface area contributed by atoms with E-state index in [0.29, 0.717) is 17.0 Å². The van der Waals surface area contributed by atoms with Crippen LogP contribution in [0.25, 0.3) is 0 Å². The molecule has 1 aliphatic rings. The number of halogens is 2. The summed E-state index contributed by atoms with van der Waals surface area (Å²) in [5.74, 6) is 0.554. The summed E-state index contributed by atoms with van der Waals surface area (Å²) in [5, 5.41) is 7.30. The normalized spacial score (nSPS) is 19.8. The molecule has 0 bridgehead atoms. The van der Waals surface area contributed by atoms with Crippen LogP contribution in [0.15, 0.2) is 18.2 Å². The highest BCUT2D eigenvalue weighted by molar-refractivity contribution is 6.30. The lowest BCUT2D eigenvalue weighted by molar-refractivity contribution is 0.511. The minimum atomic E-state index is -0.168. The zero-order valence-electron chi connectivity index (χ0n) is 9.81. The van der Waals surface area contributed by atoms with Crippen LogP contribution in [0, 0.1) is 11.7 Å². The highest BCUT2D eigenvalue weighted by Gasteiger charge is 2.13. The van der Waals surface area contributed by atoms with Crippen molar-refractivity contribution in [1.29, 1.82) is 0 Å². The zero-order valence-corrected chi connectivity index (χ0v) is 10.6. The average Bonchev–Trinajstić information content (AvgIpc) is 2.82. The van der Waals surface area contributed by atoms with E-state index in [4.69, 9.17) is 11.6 Å². The molecular weight excluding hydrogens is 239 g/mol. The van der Waals surface area contributed by atoms with Gasteiger partial charge in [0.1, 0.15) is 5.82 Å². The number of rotatable bonds is 5. The van der Waals surface area contributed by atoms with Gasteiger partial charge in [0.05, 0.1) is 0 Å². The predicted octanol–water partition coefficient (Wildman–Crippen LogP) is 2.22. The molecule has 2 N–H and O–H groups in total. The highest BCUT2D eigenvalue weighted by atomic mass is 35.5. The number of hydrogen-bond donors (Lipinski definition) is 2. The second kappa shape index (κ2) is 6.34. The fourth-order valence-electron chi connectivity index (χ4n) is 2.15. The first-order valence-corrected chi connectivity index (χ1v) is 6.49. The molecule has 2 nitrogen and oxygen atoms in total. The van der Waals surface area contributed by atoms with Crippen LogP contribution in [-0.2, 0) is 6.42 Å². The molecule has 1 heterocycles. The second-order valence-electron chi connectivity index (χ2n) is 4.55. The molecule has 0 amide bonds. The van der Waals surface area contributed by atoms with E-state index in [1.54, 1.807) is 12.1 Å². The van der Waals surface area contributed by atoms with Crippen molar-refractivity contribution in [3.8, 4) is 0 Å². The average molecular weight is 257 g/mol. The number of benzene rings is 1. The number of nitrogens with one attached hydrogen (secondary N) is 2. The molecule has 0 spiro atoms. The molecule has 1 fully saturated rings. The lowest BCUT2D eigenvalue weighted by Gasteiger charge is -2.10. The van der Waals surface area contributed by atoms with Crippen LogP contribution >= 0.6 is 11.6 Å². The van der Waals surface area contributed by atoms with E-state index in [1.807, 2.05) is 0 Å². The van der Waals surface area contributed by atoms with Gasteiger partial charge in [0.25, 0.3) is 0 Å². The maximum absolute atomic E-state index is 13.4. The third-order valence-electron chi connectivity index (χ3n) is 3.17. The highest BCUT2D eigenvalue weighted by Crippen LogP contribution is 2.15. The minimum Gasteiger partial charge on any atom is -0.316 e. The van der Waals surface area contributed by atoms with Gasteiger partial charge in [-0.25, -0.2) is 4.39 Å². The van der Waals surface area contributed by atoms with E-state index in [1.165, 1.54) is 12.5 Å². The zero-order chi connectivity index (χ0) is 12.1. The first-order valence-electron chi connectivity index (χ1n) is 6.11. The molecule has 1 saturated heterocycles. The Labute approximate surface area is 107 Å². The summed E-state index contributed by atoms with van der Waals surface area (Å²) in [4.78, 5) is 0. The van der Waals surface area contributed by atoms with Gasteiger partial charge in [0, 0.05) is 5.02 Å². The molecule has 1 aromatic rings. The van der Waals surface area contributed by atoms with Crippen molar-refractivity contribution in [3.05, 3.63) is 34.6 Å². The van der Waals surface area contributed by atoms with Crippen molar-refractivity contribution in [3.63, 3.8) is 0 Å². The monoisotopic (exact) mass is 256 g/mol. The second-order valence-corrected chi connectivity index (χ2v) is 4.99. The molecule has 0 aromatic heterocycles. The first-order chi connectivity index (χ1) is 8.25. The molecule has 0 saturated carbocycles. The summed E-state index contributed by atoms with van der Waals surface area (Å²) in [5.41, 5.74) is 0.689. The lowest BCUT2D eigenvalue weighted by atomic mass is 10.1. The Morgan fingerprint density at radius 3 is 3.12 bits per heavy atom. The van der Waals surface area contributed by atoms with E-state index < -0.39 is 0 Å². The largest absolute Gasteiger partial charge is 0.316 e. The molecule has 0 aliphatic carbocycles. The summed E-state index contributed by atoms with van der Waals surface area (Å²) in [7, 11) is 0. The van der Waals surface area contributed by atoms with Crippen LogP contribution < -0.4 is 10.6 Å². The molecule has 94 valence electrons. The van der Waals surface area contributed by atoms with Crippen LogP contribution in [0.1, 0.15) is 12.0 Å². The van der Waals surface area contributed by atoms with Gasteiger partial charge in [-0.2, -0.15) is 0 Å². The van der Waals surface area contributed by atoms with Gasteiger partial charge in [-0.15, -0.1) is 0 Å². The molecule has 1 unspecified atom stereocenters. The van der Waals surface area contributed by atoms with Gasteiger partial charge < -0.3 is 10.6 Å². The third kappa shape index (κ3) is 3.95. The topological polar surface area (TPSA) is 24.1 Å². The van der Waals surface area contributed by atoms with Gasteiger partial charge in [0.2, 0.25) is 0 Å². The van der Waals surface area contributed by atoms with Crippen LogP contribution in [0.5, 0.6) is 0 Å². The Hall–Kier alpha value is -0.640. The van der Waals surface area contributed by atoms with Crippen LogP contribution in [0.2, 0.25) is 5.02 Å². The Kier molecular flexibility index (Phi) is 4.77. The fraction of sp³-hybridized carbons (Fsp3) is 0.538. The maximum Gasteiger partial charge on any atom is 0.126 e. The van der Waals surface area contributed by atoms with Crippen molar-refractivity contribution in [2.45, 2.75) is 12.8 Å². The lowest BCUT2D eigenvalue weighted by Crippen LogP contribution is -2.26. The Morgan fingerprint density at radius 1 is 1.47 bits per heavy atom. The molecule has 2 rings (SSSR count). The Morgan fingerprint density at radius 2 is 2.35 bits per heavy atom. The van der Waals surface area contributed by atoms with E-state index in [9.17, 15) is 4.39 Å². The first kappa shape index (κ1) is 12.8. The van der Waals surface area contributed by atoms with Gasteiger partial charge >= 0.3 is 0 Å². The molecule has 1 aliphatic heterocycles. The summed E-state index contributed by atoms with van der Waals surface area (Å²) in [6.45, 7) is 4.02. The smallest absolute Gasteiger partial charge is 0.126 e. The standard InChI is InChI=1S/C13H18ClFN2/c14-12-1-2-13(15)11(7-12)4-6-17-9-10-3-5-16-8-10/h1-2,7,10,16-17H,3-6,8-9H2. The van der Waals surface area contributed by atoms with E-state index in [-0.39, 0.29) is 5.82 Å². The summed E-state index contributed by atoms with van der Waals surface area (Å²) < 4.78 is 13.4. The summed E-state index contributed by atoms with van der Waals surface area (Å²) in [6.07, 6.45) is 1.92. The summed E-state index contributed by atoms with van der Waals surface area (Å²) >= 11 is 5.84. The third-order valence-corrected chi connectivity index (χ3v) is 3.41. The van der Waals surface area contributed by atoms with Gasteiger partial charge in [-0.3, -0.25) is 0 Å². The fourth-order valence-corrected chi connectivity index (χ4v) is 2.35. The van der Waals surface area contributed by atoms with E-state index in [0.717, 1.165) is 32.1 Å². The van der Waals surface area contributed by atoms with Crippen LogP contribution in [-0.4, -0.2) is 26.2 Å². The maximum atomic E-state index is 13.4. The molecule has 1 atom stereocenters. The Bertz CT molecular complexity index is 364. The molecule has 0 radical (unpaired) electrons. The van der Waals surface area contributed by atoms with E-state index in [2.05, 4.69) is 10.6 Å². The molecular formula is C13H18ClFN2. The van der Waals surface area contributed by atoms with Crippen LogP contribution in [0.3, 0.4) is 0 Å². The Balaban J connectivity index is 1.72.